The van der Waals surface area contributed by atoms with Crippen LogP contribution in [0.3, 0.4) is 0 Å². The Morgan fingerprint density at radius 1 is 1.12 bits per heavy atom. The Kier molecular flexibility index (Phi) is 3.85. The van der Waals surface area contributed by atoms with E-state index >= 15 is 0 Å². The largest absolute Gasteiger partial charge is 0.298 e. The molecule has 1 heterocycles. The highest BCUT2D eigenvalue weighted by atomic mass is 15.6. The molecule has 0 bridgehead atoms. The van der Waals surface area contributed by atoms with Crippen molar-refractivity contribution < 1.29 is 0 Å². The Hall–Kier alpha value is -1.28. The zero-order valence-electron chi connectivity index (χ0n) is 11.1. The molecule has 1 aromatic rings. The van der Waals surface area contributed by atoms with Crippen LogP contribution in [-0.4, -0.2) is 24.1 Å². The molecular weight excluding hydrogens is 208 g/mol. The first-order valence-corrected chi connectivity index (χ1v) is 6.63. The van der Waals surface area contributed by atoms with Gasteiger partial charge < -0.3 is 0 Å². The Bertz CT molecular complexity index is 394. The van der Waals surface area contributed by atoms with Crippen molar-refractivity contribution in [1.82, 2.24) is 5.01 Å². The summed E-state index contributed by atoms with van der Waals surface area (Å²) < 4.78 is 0. The van der Waals surface area contributed by atoms with Crippen LogP contribution in [0.25, 0.3) is 6.08 Å². The number of hydrogen-bond acceptors (Lipinski definition) is 2. The summed E-state index contributed by atoms with van der Waals surface area (Å²) in [4.78, 5) is 0. The van der Waals surface area contributed by atoms with Gasteiger partial charge in [0.25, 0.3) is 0 Å². The first-order valence-electron chi connectivity index (χ1n) is 6.63. The van der Waals surface area contributed by atoms with Crippen molar-refractivity contribution in [3.63, 3.8) is 0 Å². The van der Waals surface area contributed by atoms with Crippen LogP contribution in [0, 0.1) is 0 Å². The molecule has 1 aromatic carbocycles. The molecule has 0 spiro atoms. The minimum atomic E-state index is 0.491. The second-order valence-electron chi connectivity index (χ2n) is 4.38. The highest BCUT2D eigenvalue weighted by molar-refractivity contribution is 5.71. The summed E-state index contributed by atoms with van der Waals surface area (Å²) in [5, 5.41) is 4.87. The zero-order chi connectivity index (χ0) is 12.3. The van der Waals surface area contributed by atoms with Crippen molar-refractivity contribution in [2.24, 2.45) is 0 Å². The van der Waals surface area contributed by atoms with Gasteiger partial charge in [-0.25, -0.2) is 5.01 Å². The van der Waals surface area contributed by atoms with Crippen molar-refractivity contribution in [3.8, 4) is 0 Å². The lowest BCUT2D eigenvalue weighted by Gasteiger charge is -2.42. The number of para-hydroxylation sites is 1. The van der Waals surface area contributed by atoms with Crippen molar-refractivity contribution in [3.05, 3.63) is 35.9 Å². The quantitative estimate of drug-likeness (QED) is 0.780. The third-order valence-electron chi connectivity index (χ3n) is 3.45. The second-order valence-corrected chi connectivity index (χ2v) is 4.38. The molecule has 1 aliphatic rings. The smallest absolute Gasteiger partial charge is 0.0638 e. The molecule has 17 heavy (non-hydrogen) atoms. The molecule has 0 amide bonds. The van der Waals surface area contributed by atoms with E-state index < -0.39 is 0 Å². The molecule has 2 heteroatoms. The van der Waals surface area contributed by atoms with E-state index in [2.05, 4.69) is 67.2 Å². The van der Waals surface area contributed by atoms with Gasteiger partial charge in [-0.1, -0.05) is 51.1 Å². The summed E-state index contributed by atoms with van der Waals surface area (Å²) in [6.45, 7) is 8.79. The van der Waals surface area contributed by atoms with E-state index in [0.717, 1.165) is 19.5 Å². The lowest BCUT2D eigenvalue weighted by molar-refractivity contribution is 0.255. The minimum absolute atomic E-state index is 0.491. The van der Waals surface area contributed by atoms with Crippen molar-refractivity contribution in [2.45, 2.75) is 33.2 Å². The van der Waals surface area contributed by atoms with E-state index in [1.165, 1.54) is 11.3 Å². The Morgan fingerprint density at radius 3 is 2.47 bits per heavy atom. The number of hydrazine groups is 1. The van der Waals surface area contributed by atoms with Crippen LogP contribution in [0.4, 0.5) is 5.69 Å². The van der Waals surface area contributed by atoms with Gasteiger partial charge in [0.15, 0.2) is 0 Å². The maximum absolute atomic E-state index is 2.45. The van der Waals surface area contributed by atoms with Gasteiger partial charge in [0.05, 0.1) is 11.7 Å². The summed E-state index contributed by atoms with van der Waals surface area (Å²) in [6.07, 6.45) is 5.71. The van der Waals surface area contributed by atoms with Crippen molar-refractivity contribution in [2.75, 3.05) is 18.1 Å². The average molecular weight is 230 g/mol. The van der Waals surface area contributed by atoms with E-state index in [-0.39, 0.29) is 0 Å². The number of hydrogen-bond donors (Lipinski definition) is 0. The molecule has 0 fully saturated rings. The monoisotopic (exact) mass is 230 g/mol. The molecule has 0 saturated heterocycles. The number of fused-ring (bicyclic) bond motifs is 1. The van der Waals surface area contributed by atoms with Crippen LogP contribution in [0.5, 0.6) is 0 Å². The number of nitrogens with zero attached hydrogens (tertiary/aromatic N) is 2. The van der Waals surface area contributed by atoms with Crippen LogP contribution < -0.4 is 5.01 Å². The van der Waals surface area contributed by atoms with Crippen molar-refractivity contribution in [1.29, 1.82) is 0 Å². The van der Waals surface area contributed by atoms with Crippen LogP contribution in [0.15, 0.2) is 30.3 Å². The Morgan fingerprint density at radius 2 is 1.82 bits per heavy atom. The van der Waals surface area contributed by atoms with E-state index in [0.29, 0.717) is 6.04 Å². The molecular formula is C15H22N2. The lowest BCUT2D eigenvalue weighted by Crippen LogP contribution is -2.49. The van der Waals surface area contributed by atoms with Crippen LogP contribution in [-0.2, 0) is 0 Å². The average Bonchev–Trinajstić information content (AvgIpc) is 2.40. The number of benzene rings is 1. The zero-order valence-corrected chi connectivity index (χ0v) is 11.1. The highest BCUT2D eigenvalue weighted by Gasteiger charge is 2.24. The molecule has 0 aliphatic carbocycles. The molecule has 0 N–H and O–H groups in total. The summed E-state index contributed by atoms with van der Waals surface area (Å²) in [6, 6.07) is 9.13. The van der Waals surface area contributed by atoms with E-state index in [1.807, 2.05) is 0 Å². The molecule has 1 atom stereocenters. The molecule has 2 rings (SSSR count). The van der Waals surface area contributed by atoms with Gasteiger partial charge in [-0.15, -0.1) is 0 Å². The molecule has 92 valence electrons. The summed E-state index contributed by atoms with van der Waals surface area (Å²) in [7, 11) is 0. The van der Waals surface area contributed by atoms with Gasteiger partial charge in [-0.2, -0.15) is 0 Å². The first-order chi connectivity index (χ1) is 8.31. The van der Waals surface area contributed by atoms with Gasteiger partial charge in [0.1, 0.15) is 0 Å². The summed E-state index contributed by atoms with van der Waals surface area (Å²) in [5.41, 5.74) is 2.66. The van der Waals surface area contributed by atoms with Crippen LogP contribution in [0.1, 0.15) is 32.8 Å². The van der Waals surface area contributed by atoms with Gasteiger partial charge in [-0.3, -0.25) is 5.01 Å². The van der Waals surface area contributed by atoms with Crippen molar-refractivity contribution >= 4 is 11.8 Å². The topological polar surface area (TPSA) is 6.48 Å². The van der Waals surface area contributed by atoms with E-state index in [9.17, 15) is 0 Å². The summed E-state index contributed by atoms with van der Waals surface area (Å²) in [5.74, 6) is 0. The lowest BCUT2D eigenvalue weighted by atomic mass is 10.0. The molecule has 0 aromatic heterocycles. The van der Waals surface area contributed by atoms with Gasteiger partial charge in [0, 0.05) is 13.1 Å². The maximum atomic E-state index is 2.45. The van der Waals surface area contributed by atoms with Crippen LogP contribution >= 0.6 is 0 Å². The third-order valence-corrected chi connectivity index (χ3v) is 3.45. The summed E-state index contributed by atoms with van der Waals surface area (Å²) >= 11 is 0. The number of rotatable bonds is 4. The van der Waals surface area contributed by atoms with E-state index in [1.54, 1.807) is 0 Å². The Labute approximate surface area is 105 Å². The molecule has 0 radical (unpaired) electrons. The standard InChI is InChI=1S/C15H22N2/c1-4-14-12-11-13-9-7-8-10-15(13)17(14)16(5-2)6-3/h7-12,14H,4-6H2,1-3H3. The fraction of sp³-hybridized carbons (Fsp3) is 0.467. The number of anilines is 1. The van der Waals surface area contributed by atoms with Crippen LogP contribution in [0.2, 0.25) is 0 Å². The van der Waals surface area contributed by atoms with E-state index in [4.69, 9.17) is 0 Å². The molecule has 0 saturated carbocycles. The minimum Gasteiger partial charge on any atom is -0.298 e. The SMILES string of the molecule is CCC1C=Cc2ccccc2N1N(CC)CC. The Balaban J connectivity index is 2.41. The van der Waals surface area contributed by atoms with Gasteiger partial charge in [0.2, 0.25) is 0 Å². The first kappa shape index (κ1) is 12.2. The predicted molar refractivity (Wildman–Crippen MR) is 75.0 cm³/mol. The maximum Gasteiger partial charge on any atom is 0.0638 e. The second kappa shape index (κ2) is 5.37. The highest BCUT2D eigenvalue weighted by Crippen LogP contribution is 2.31. The normalized spacial score (nSPS) is 18.6. The molecule has 1 unspecified atom stereocenters. The van der Waals surface area contributed by atoms with Gasteiger partial charge in [-0.05, 0) is 18.1 Å². The molecule has 2 nitrogen and oxygen atoms in total. The fourth-order valence-electron chi connectivity index (χ4n) is 2.51. The molecule has 1 aliphatic heterocycles. The third kappa shape index (κ3) is 2.22. The fourth-order valence-corrected chi connectivity index (χ4v) is 2.51. The predicted octanol–water partition coefficient (Wildman–Crippen LogP) is 3.56. The van der Waals surface area contributed by atoms with Gasteiger partial charge >= 0.3 is 0 Å².